The summed E-state index contributed by atoms with van der Waals surface area (Å²) < 4.78 is 4.70. The number of methoxy groups -OCH3 is 1. The predicted octanol–water partition coefficient (Wildman–Crippen LogP) is 2.56. The van der Waals surface area contributed by atoms with Gasteiger partial charge in [-0.1, -0.05) is 12.1 Å². The van der Waals surface area contributed by atoms with Crippen LogP contribution in [0.3, 0.4) is 0 Å². The summed E-state index contributed by atoms with van der Waals surface area (Å²) in [5.41, 5.74) is 2.01. The van der Waals surface area contributed by atoms with Crippen LogP contribution >= 0.6 is 12.6 Å². The first-order valence-electron chi connectivity index (χ1n) is 4.44. The lowest BCUT2D eigenvalue weighted by Crippen LogP contribution is -2.12. The molecule has 0 spiro atoms. The summed E-state index contributed by atoms with van der Waals surface area (Å²) in [7, 11) is 1.40. The Kier molecular flexibility index (Phi) is 3.58. The lowest BCUT2D eigenvalue weighted by atomic mass is 9.97. The minimum atomic E-state index is -0.230. The maximum atomic E-state index is 11.3. The van der Waals surface area contributed by atoms with E-state index in [0.29, 0.717) is 0 Å². The van der Waals surface area contributed by atoms with E-state index in [0.717, 1.165) is 16.0 Å². The molecule has 1 unspecified atom stereocenters. The second-order valence-electron chi connectivity index (χ2n) is 3.24. The van der Waals surface area contributed by atoms with Crippen molar-refractivity contribution in [3.8, 4) is 0 Å². The molecule has 0 N–H and O–H groups in total. The highest BCUT2D eigenvalue weighted by molar-refractivity contribution is 7.80. The summed E-state index contributed by atoms with van der Waals surface area (Å²) in [5.74, 6) is -0.445. The average Bonchev–Trinajstić information content (AvgIpc) is 2.20. The smallest absolute Gasteiger partial charge is 0.312 e. The number of carbonyl (C=O) groups excluding carboxylic acids is 1. The van der Waals surface area contributed by atoms with Crippen molar-refractivity contribution in [3.05, 3.63) is 29.3 Å². The maximum absolute atomic E-state index is 11.3. The average molecular weight is 210 g/mol. The number of rotatable bonds is 2. The lowest BCUT2D eigenvalue weighted by Gasteiger charge is -2.13. The number of hydrogen-bond donors (Lipinski definition) is 1. The van der Waals surface area contributed by atoms with E-state index in [1.807, 2.05) is 32.0 Å². The van der Waals surface area contributed by atoms with Crippen LogP contribution in [-0.2, 0) is 9.53 Å². The van der Waals surface area contributed by atoms with Crippen LogP contribution in [-0.4, -0.2) is 13.1 Å². The standard InChI is InChI=1S/C11H14O2S/c1-7-9(5-4-6-10(7)14)8(2)11(12)13-3/h4-6,8,14H,1-3H3. The van der Waals surface area contributed by atoms with Gasteiger partial charge in [-0.2, -0.15) is 0 Å². The van der Waals surface area contributed by atoms with Crippen LogP contribution in [0.4, 0.5) is 0 Å². The first kappa shape index (κ1) is 11.1. The van der Waals surface area contributed by atoms with Crippen LogP contribution in [0.1, 0.15) is 24.0 Å². The number of benzene rings is 1. The van der Waals surface area contributed by atoms with Gasteiger partial charge in [0.15, 0.2) is 0 Å². The fourth-order valence-electron chi connectivity index (χ4n) is 1.41. The normalized spacial score (nSPS) is 12.3. The van der Waals surface area contributed by atoms with Crippen molar-refractivity contribution in [2.45, 2.75) is 24.7 Å². The molecule has 0 heterocycles. The van der Waals surface area contributed by atoms with Gasteiger partial charge in [-0.15, -0.1) is 12.6 Å². The van der Waals surface area contributed by atoms with Crippen molar-refractivity contribution in [2.75, 3.05) is 7.11 Å². The number of esters is 1. The molecule has 14 heavy (non-hydrogen) atoms. The Hall–Kier alpha value is -0.960. The van der Waals surface area contributed by atoms with Crippen molar-refractivity contribution in [3.63, 3.8) is 0 Å². The molecule has 0 amide bonds. The van der Waals surface area contributed by atoms with Gasteiger partial charge < -0.3 is 4.74 Å². The van der Waals surface area contributed by atoms with Gasteiger partial charge in [0.05, 0.1) is 13.0 Å². The fourth-order valence-corrected chi connectivity index (χ4v) is 1.63. The second kappa shape index (κ2) is 4.51. The summed E-state index contributed by atoms with van der Waals surface area (Å²) >= 11 is 4.31. The minimum absolute atomic E-state index is 0.216. The van der Waals surface area contributed by atoms with E-state index < -0.39 is 0 Å². The third-order valence-corrected chi connectivity index (χ3v) is 2.85. The van der Waals surface area contributed by atoms with Crippen LogP contribution in [0.2, 0.25) is 0 Å². The molecule has 1 atom stereocenters. The molecule has 0 saturated heterocycles. The molecule has 76 valence electrons. The molecule has 1 aromatic carbocycles. The van der Waals surface area contributed by atoms with E-state index in [2.05, 4.69) is 12.6 Å². The molecule has 0 saturated carbocycles. The second-order valence-corrected chi connectivity index (χ2v) is 3.72. The van der Waals surface area contributed by atoms with Gasteiger partial charge >= 0.3 is 5.97 Å². The topological polar surface area (TPSA) is 26.3 Å². The van der Waals surface area contributed by atoms with Crippen LogP contribution < -0.4 is 0 Å². The molecule has 3 heteroatoms. The molecule has 1 rings (SSSR count). The van der Waals surface area contributed by atoms with Gasteiger partial charge in [0.25, 0.3) is 0 Å². The molecular formula is C11H14O2S. The molecule has 0 aliphatic carbocycles. The number of ether oxygens (including phenoxy) is 1. The third kappa shape index (κ3) is 2.10. The van der Waals surface area contributed by atoms with Crippen molar-refractivity contribution in [1.29, 1.82) is 0 Å². The Balaban J connectivity index is 3.07. The highest BCUT2D eigenvalue weighted by Gasteiger charge is 2.17. The Bertz CT molecular complexity index is 347. The van der Waals surface area contributed by atoms with Gasteiger partial charge in [-0.05, 0) is 31.0 Å². The van der Waals surface area contributed by atoms with Gasteiger partial charge in [-0.25, -0.2) is 0 Å². The molecule has 0 radical (unpaired) electrons. The quantitative estimate of drug-likeness (QED) is 0.600. The van der Waals surface area contributed by atoms with Crippen LogP contribution in [0.5, 0.6) is 0 Å². The zero-order chi connectivity index (χ0) is 10.7. The molecule has 0 bridgehead atoms. The molecule has 2 nitrogen and oxygen atoms in total. The Morgan fingerprint density at radius 1 is 1.50 bits per heavy atom. The zero-order valence-electron chi connectivity index (χ0n) is 8.57. The van der Waals surface area contributed by atoms with Crippen molar-refractivity contribution in [2.24, 2.45) is 0 Å². The molecule has 0 aromatic heterocycles. The SMILES string of the molecule is COC(=O)C(C)c1cccc(S)c1C. The predicted molar refractivity (Wildman–Crippen MR) is 58.9 cm³/mol. The molecule has 0 fully saturated rings. The lowest BCUT2D eigenvalue weighted by molar-refractivity contribution is -0.142. The van der Waals surface area contributed by atoms with Crippen LogP contribution in [0.15, 0.2) is 23.1 Å². The van der Waals surface area contributed by atoms with E-state index in [1.165, 1.54) is 7.11 Å². The van der Waals surface area contributed by atoms with Gasteiger partial charge in [0, 0.05) is 4.90 Å². The largest absolute Gasteiger partial charge is 0.469 e. The highest BCUT2D eigenvalue weighted by atomic mass is 32.1. The van der Waals surface area contributed by atoms with E-state index >= 15 is 0 Å². The van der Waals surface area contributed by atoms with E-state index in [1.54, 1.807) is 0 Å². The Morgan fingerprint density at radius 2 is 2.14 bits per heavy atom. The van der Waals surface area contributed by atoms with Gasteiger partial charge in [-0.3, -0.25) is 4.79 Å². The first-order chi connectivity index (χ1) is 6.57. The van der Waals surface area contributed by atoms with Crippen LogP contribution in [0, 0.1) is 6.92 Å². The zero-order valence-corrected chi connectivity index (χ0v) is 9.47. The monoisotopic (exact) mass is 210 g/mol. The van der Waals surface area contributed by atoms with Gasteiger partial charge in [0.2, 0.25) is 0 Å². The number of hydrogen-bond acceptors (Lipinski definition) is 3. The van der Waals surface area contributed by atoms with Crippen molar-refractivity contribution < 1.29 is 9.53 Å². The van der Waals surface area contributed by atoms with E-state index in [4.69, 9.17) is 4.74 Å². The first-order valence-corrected chi connectivity index (χ1v) is 4.89. The third-order valence-electron chi connectivity index (χ3n) is 2.37. The van der Waals surface area contributed by atoms with E-state index in [-0.39, 0.29) is 11.9 Å². The van der Waals surface area contributed by atoms with Crippen LogP contribution in [0.25, 0.3) is 0 Å². The molecule has 1 aromatic rings. The summed E-state index contributed by atoms with van der Waals surface area (Å²) in [4.78, 5) is 12.2. The summed E-state index contributed by atoms with van der Waals surface area (Å²) in [6, 6.07) is 5.73. The number of carbonyl (C=O) groups is 1. The maximum Gasteiger partial charge on any atom is 0.312 e. The highest BCUT2D eigenvalue weighted by Crippen LogP contribution is 2.24. The number of thiol groups is 1. The Morgan fingerprint density at radius 3 is 2.71 bits per heavy atom. The summed E-state index contributed by atoms with van der Waals surface area (Å²) in [6.07, 6.45) is 0. The van der Waals surface area contributed by atoms with Crippen molar-refractivity contribution >= 4 is 18.6 Å². The fraction of sp³-hybridized carbons (Fsp3) is 0.364. The summed E-state index contributed by atoms with van der Waals surface area (Å²) in [5, 5.41) is 0. The van der Waals surface area contributed by atoms with Gasteiger partial charge in [0.1, 0.15) is 0 Å². The minimum Gasteiger partial charge on any atom is -0.469 e. The molecule has 0 aliphatic heterocycles. The van der Waals surface area contributed by atoms with E-state index in [9.17, 15) is 4.79 Å². The molecule has 0 aliphatic rings. The van der Waals surface area contributed by atoms with Crippen molar-refractivity contribution in [1.82, 2.24) is 0 Å². The molecular weight excluding hydrogens is 196 g/mol. The Labute approximate surface area is 89.7 Å². The summed E-state index contributed by atoms with van der Waals surface area (Å²) in [6.45, 7) is 3.79.